The van der Waals surface area contributed by atoms with Crippen molar-refractivity contribution in [2.75, 3.05) is 33.0 Å². The van der Waals surface area contributed by atoms with Gasteiger partial charge in [0.1, 0.15) is 24.7 Å². The normalized spacial score (nSPS) is 23.3. The van der Waals surface area contributed by atoms with Gasteiger partial charge in [0.05, 0.1) is 18.8 Å². The molecule has 3 heterocycles. The summed E-state index contributed by atoms with van der Waals surface area (Å²) in [6, 6.07) is -0.405. The number of carbonyl (C=O) groups excluding carboxylic acids is 1. The van der Waals surface area contributed by atoms with Gasteiger partial charge in [0, 0.05) is 12.0 Å². The summed E-state index contributed by atoms with van der Waals surface area (Å²) in [4.78, 5) is 23.5. The smallest absolute Gasteiger partial charge is 0.329 e. The number of ether oxygens (including phenoxy) is 4. The maximum atomic E-state index is 12.5. The first-order valence-electron chi connectivity index (χ1n) is 7.24. The lowest BCUT2D eigenvalue weighted by atomic mass is 10.1. The summed E-state index contributed by atoms with van der Waals surface area (Å²) < 4.78 is 21.6. The second kappa shape index (κ2) is 7.16. The Kier molecular flexibility index (Phi) is 4.99. The minimum Gasteiger partial charge on any atom is -0.485 e. The summed E-state index contributed by atoms with van der Waals surface area (Å²) in [5, 5.41) is 13.3. The zero-order chi connectivity index (χ0) is 16.2. The van der Waals surface area contributed by atoms with Gasteiger partial charge in [0.2, 0.25) is 0 Å². The molecule has 0 unspecified atom stereocenters. The van der Waals surface area contributed by atoms with E-state index in [0.29, 0.717) is 42.6 Å². The Bertz CT molecular complexity index is 588. The molecule has 0 aliphatic carbocycles. The molecule has 2 N–H and O–H groups in total. The summed E-state index contributed by atoms with van der Waals surface area (Å²) in [6.45, 7) is 1.22. The van der Waals surface area contributed by atoms with E-state index in [9.17, 15) is 9.59 Å². The van der Waals surface area contributed by atoms with Crippen molar-refractivity contribution in [1.82, 2.24) is 5.32 Å². The lowest BCUT2D eigenvalue weighted by molar-refractivity contribution is -0.147. The van der Waals surface area contributed by atoms with Crippen LogP contribution in [0.2, 0.25) is 0 Å². The average Bonchev–Trinajstić information content (AvgIpc) is 2.98. The number of hydrogen-bond donors (Lipinski definition) is 2. The van der Waals surface area contributed by atoms with Crippen molar-refractivity contribution in [1.29, 1.82) is 0 Å². The summed E-state index contributed by atoms with van der Waals surface area (Å²) in [6.07, 6.45) is 0.136. The number of carboxylic acids is 1. The van der Waals surface area contributed by atoms with Crippen LogP contribution in [-0.4, -0.2) is 62.2 Å². The standard InChI is InChI=1S/C14H17NO7S/c16-11(17)6-22-9-1-2-19-5-8(9)15-14(18)13-12-10(7-23-13)20-3-4-21-12/h7-9H,1-6H2,(H,15,18)(H,16,17)/t8-,9+/m1/s1. The first-order valence-corrected chi connectivity index (χ1v) is 8.12. The molecule has 0 radical (unpaired) electrons. The SMILES string of the molecule is O=C(O)CO[C@H]1CCOC[C@H]1NC(=O)c1scc2c1OCCO2. The van der Waals surface area contributed by atoms with Gasteiger partial charge in [-0.3, -0.25) is 4.79 Å². The Hall–Kier alpha value is -1.84. The molecule has 0 bridgehead atoms. The van der Waals surface area contributed by atoms with E-state index >= 15 is 0 Å². The molecule has 3 rings (SSSR count). The molecular formula is C14H17NO7S. The lowest BCUT2D eigenvalue weighted by Gasteiger charge is -2.31. The van der Waals surface area contributed by atoms with Crippen molar-refractivity contribution in [3.8, 4) is 11.5 Å². The number of rotatable bonds is 5. The van der Waals surface area contributed by atoms with Crippen molar-refractivity contribution < 1.29 is 33.6 Å². The van der Waals surface area contributed by atoms with Crippen LogP contribution in [-0.2, 0) is 14.3 Å². The number of nitrogens with one attached hydrogen (secondary N) is 1. The Morgan fingerprint density at radius 3 is 3.00 bits per heavy atom. The Morgan fingerprint density at radius 1 is 1.35 bits per heavy atom. The third kappa shape index (κ3) is 3.74. The molecule has 0 saturated carbocycles. The van der Waals surface area contributed by atoms with E-state index in [2.05, 4.69) is 5.32 Å². The van der Waals surface area contributed by atoms with Gasteiger partial charge in [-0.15, -0.1) is 11.3 Å². The molecule has 2 aliphatic rings. The molecular weight excluding hydrogens is 326 g/mol. The topological polar surface area (TPSA) is 103 Å². The predicted octanol–water partition coefficient (Wildman–Crippen LogP) is 0.508. The van der Waals surface area contributed by atoms with E-state index in [0.717, 1.165) is 0 Å². The largest absolute Gasteiger partial charge is 0.485 e. The quantitative estimate of drug-likeness (QED) is 0.803. The Morgan fingerprint density at radius 2 is 2.17 bits per heavy atom. The third-order valence-corrected chi connectivity index (χ3v) is 4.48. The van der Waals surface area contributed by atoms with Crippen molar-refractivity contribution in [2.45, 2.75) is 18.6 Å². The molecule has 2 atom stereocenters. The van der Waals surface area contributed by atoms with Crippen LogP contribution >= 0.6 is 11.3 Å². The zero-order valence-electron chi connectivity index (χ0n) is 12.3. The summed E-state index contributed by atoms with van der Waals surface area (Å²) in [5.74, 6) is -0.316. The van der Waals surface area contributed by atoms with Crippen LogP contribution in [0.25, 0.3) is 0 Å². The fraction of sp³-hybridized carbons (Fsp3) is 0.571. The summed E-state index contributed by atoms with van der Waals surface area (Å²) >= 11 is 1.24. The fourth-order valence-corrected chi connectivity index (χ4v) is 3.32. The van der Waals surface area contributed by atoms with Gasteiger partial charge in [-0.1, -0.05) is 0 Å². The lowest BCUT2D eigenvalue weighted by Crippen LogP contribution is -2.50. The minimum atomic E-state index is -1.04. The second-order valence-electron chi connectivity index (χ2n) is 5.14. The molecule has 9 heteroatoms. The number of thiophene rings is 1. The Labute approximate surface area is 136 Å². The highest BCUT2D eigenvalue weighted by Gasteiger charge is 2.31. The highest BCUT2D eigenvalue weighted by molar-refractivity contribution is 7.12. The highest BCUT2D eigenvalue weighted by Crippen LogP contribution is 2.39. The minimum absolute atomic E-state index is 0.279. The molecule has 1 amide bonds. The zero-order valence-corrected chi connectivity index (χ0v) is 13.1. The van der Waals surface area contributed by atoms with Gasteiger partial charge in [-0.25, -0.2) is 4.79 Å². The van der Waals surface area contributed by atoms with Crippen molar-refractivity contribution >= 4 is 23.2 Å². The number of aliphatic carboxylic acids is 1. The molecule has 126 valence electrons. The summed E-state index contributed by atoms with van der Waals surface area (Å²) in [5.41, 5.74) is 0. The van der Waals surface area contributed by atoms with Crippen LogP contribution in [0.3, 0.4) is 0 Å². The average molecular weight is 343 g/mol. The van der Waals surface area contributed by atoms with Gasteiger partial charge < -0.3 is 29.4 Å². The number of hydrogen-bond acceptors (Lipinski definition) is 7. The van der Waals surface area contributed by atoms with Crippen molar-refractivity contribution in [3.05, 3.63) is 10.3 Å². The number of fused-ring (bicyclic) bond motifs is 1. The first kappa shape index (κ1) is 16.0. The molecule has 1 aromatic heterocycles. The number of amides is 1. The van der Waals surface area contributed by atoms with Crippen LogP contribution in [0, 0.1) is 0 Å². The van der Waals surface area contributed by atoms with Gasteiger partial charge >= 0.3 is 5.97 Å². The van der Waals surface area contributed by atoms with E-state index in [-0.39, 0.29) is 12.5 Å². The number of carbonyl (C=O) groups is 2. The van der Waals surface area contributed by atoms with Crippen molar-refractivity contribution in [2.24, 2.45) is 0 Å². The van der Waals surface area contributed by atoms with Crippen LogP contribution in [0.4, 0.5) is 0 Å². The molecule has 1 fully saturated rings. The van der Waals surface area contributed by atoms with Crippen molar-refractivity contribution in [3.63, 3.8) is 0 Å². The first-order chi connectivity index (χ1) is 11.1. The highest BCUT2D eigenvalue weighted by atomic mass is 32.1. The van der Waals surface area contributed by atoms with Crippen LogP contribution in [0.15, 0.2) is 5.38 Å². The van der Waals surface area contributed by atoms with Crippen LogP contribution < -0.4 is 14.8 Å². The van der Waals surface area contributed by atoms with Crippen LogP contribution in [0.1, 0.15) is 16.1 Å². The van der Waals surface area contributed by atoms with Crippen LogP contribution in [0.5, 0.6) is 11.5 Å². The molecule has 0 aromatic carbocycles. The predicted molar refractivity (Wildman–Crippen MR) is 79.4 cm³/mol. The molecule has 23 heavy (non-hydrogen) atoms. The van der Waals surface area contributed by atoms with Gasteiger partial charge in [0.25, 0.3) is 5.91 Å². The monoisotopic (exact) mass is 343 g/mol. The van der Waals surface area contributed by atoms with E-state index in [4.69, 9.17) is 24.1 Å². The Balaban J connectivity index is 1.65. The molecule has 2 aliphatic heterocycles. The third-order valence-electron chi connectivity index (χ3n) is 3.54. The van der Waals surface area contributed by atoms with Gasteiger partial charge in [-0.2, -0.15) is 0 Å². The molecule has 1 saturated heterocycles. The van der Waals surface area contributed by atoms with Gasteiger partial charge in [0.15, 0.2) is 11.5 Å². The van der Waals surface area contributed by atoms with E-state index < -0.39 is 24.7 Å². The number of carboxylic acid groups (broad SMARTS) is 1. The second-order valence-corrected chi connectivity index (χ2v) is 6.02. The molecule has 0 spiro atoms. The maximum absolute atomic E-state index is 12.5. The van der Waals surface area contributed by atoms with E-state index in [1.807, 2.05) is 0 Å². The molecule has 8 nitrogen and oxygen atoms in total. The van der Waals surface area contributed by atoms with E-state index in [1.54, 1.807) is 5.38 Å². The molecule has 1 aromatic rings. The fourth-order valence-electron chi connectivity index (χ4n) is 2.48. The summed E-state index contributed by atoms with van der Waals surface area (Å²) in [7, 11) is 0. The van der Waals surface area contributed by atoms with E-state index in [1.165, 1.54) is 11.3 Å². The maximum Gasteiger partial charge on any atom is 0.329 e. The van der Waals surface area contributed by atoms with Gasteiger partial charge in [-0.05, 0) is 6.42 Å².